The van der Waals surface area contributed by atoms with Crippen molar-refractivity contribution in [2.45, 2.75) is 26.3 Å². The van der Waals surface area contributed by atoms with Crippen LogP contribution < -0.4 is 19.5 Å². The lowest BCUT2D eigenvalue weighted by atomic mass is 9.96. The van der Waals surface area contributed by atoms with Gasteiger partial charge < -0.3 is 19.5 Å². The topological polar surface area (TPSA) is 43.0 Å². The molecular weight excluding hydrogens is 352 g/mol. The summed E-state index contributed by atoms with van der Waals surface area (Å²) in [6.07, 6.45) is 1.13. The standard InChI is InChI=1S/C23H32N2O3/c1-4-27-21-11-10-19(17-22(21)28-5-2)23(25-14-7-12-24-13-15-25)18-8-6-9-20(16-18)26-3/h6,8-11,16-17,23-24H,4-5,7,12-15H2,1-3H3. The first-order valence-electron chi connectivity index (χ1n) is 10.2. The number of methoxy groups -OCH3 is 1. The van der Waals surface area contributed by atoms with Gasteiger partial charge in [-0.25, -0.2) is 0 Å². The van der Waals surface area contributed by atoms with Crippen LogP contribution in [0.4, 0.5) is 0 Å². The molecule has 0 aromatic heterocycles. The highest BCUT2D eigenvalue weighted by Crippen LogP contribution is 2.36. The Morgan fingerprint density at radius 1 is 0.929 bits per heavy atom. The van der Waals surface area contributed by atoms with E-state index < -0.39 is 0 Å². The number of benzene rings is 2. The van der Waals surface area contributed by atoms with Gasteiger partial charge in [-0.1, -0.05) is 18.2 Å². The summed E-state index contributed by atoms with van der Waals surface area (Å²) < 4.78 is 17.1. The van der Waals surface area contributed by atoms with Gasteiger partial charge >= 0.3 is 0 Å². The molecule has 5 nitrogen and oxygen atoms in total. The van der Waals surface area contributed by atoms with E-state index in [2.05, 4.69) is 40.5 Å². The fraction of sp³-hybridized carbons (Fsp3) is 0.478. The molecule has 3 rings (SSSR count). The van der Waals surface area contributed by atoms with Gasteiger partial charge in [-0.05, 0) is 62.2 Å². The smallest absolute Gasteiger partial charge is 0.161 e. The zero-order chi connectivity index (χ0) is 19.8. The molecular formula is C23H32N2O3. The fourth-order valence-corrected chi connectivity index (χ4v) is 3.79. The van der Waals surface area contributed by atoms with Gasteiger partial charge in [0.25, 0.3) is 0 Å². The summed E-state index contributed by atoms with van der Waals surface area (Å²) >= 11 is 0. The Bertz CT molecular complexity index is 742. The van der Waals surface area contributed by atoms with Gasteiger partial charge in [-0.2, -0.15) is 0 Å². The summed E-state index contributed by atoms with van der Waals surface area (Å²) in [5, 5.41) is 3.50. The zero-order valence-corrected chi connectivity index (χ0v) is 17.2. The van der Waals surface area contributed by atoms with Crippen molar-refractivity contribution in [1.82, 2.24) is 10.2 Å². The summed E-state index contributed by atoms with van der Waals surface area (Å²) in [6, 6.07) is 14.9. The first-order chi connectivity index (χ1) is 13.8. The molecule has 1 saturated heterocycles. The number of rotatable bonds is 8. The third-order valence-corrected chi connectivity index (χ3v) is 5.03. The molecule has 1 aliphatic rings. The molecule has 0 bridgehead atoms. The van der Waals surface area contributed by atoms with Crippen LogP contribution in [0.25, 0.3) is 0 Å². The number of nitrogens with one attached hydrogen (secondary N) is 1. The molecule has 1 aliphatic heterocycles. The quantitative estimate of drug-likeness (QED) is 0.748. The predicted octanol–water partition coefficient (Wildman–Crippen LogP) is 3.88. The summed E-state index contributed by atoms with van der Waals surface area (Å²) in [5.74, 6) is 2.49. The number of hydrogen-bond donors (Lipinski definition) is 1. The van der Waals surface area contributed by atoms with Gasteiger partial charge in [0.15, 0.2) is 11.5 Å². The molecule has 2 aromatic carbocycles. The Kier molecular flexibility index (Phi) is 7.57. The molecule has 0 aliphatic carbocycles. The minimum atomic E-state index is 0.143. The van der Waals surface area contributed by atoms with Gasteiger partial charge in [0.1, 0.15) is 5.75 Å². The van der Waals surface area contributed by atoms with E-state index in [4.69, 9.17) is 14.2 Å². The van der Waals surface area contributed by atoms with Crippen LogP contribution in [0.5, 0.6) is 17.2 Å². The molecule has 1 atom stereocenters. The predicted molar refractivity (Wildman–Crippen MR) is 113 cm³/mol. The van der Waals surface area contributed by atoms with E-state index in [1.54, 1.807) is 7.11 Å². The highest BCUT2D eigenvalue weighted by Gasteiger charge is 2.25. The van der Waals surface area contributed by atoms with Crippen molar-refractivity contribution in [3.63, 3.8) is 0 Å². The minimum Gasteiger partial charge on any atom is -0.497 e. The van der Waals surface area contributed by atoms with Gasteiger partial charge in [-0.3, -0.25) is 4.90 Å². The minimum absolute atomic E-state index is 0.143. The molecule has 1 unspecified atom stereocenters. The fourth-order valence-electron chi connectivity index (χ4n) is 3.79. The van der Waals surface area contributed by atoms with Gasteiger partial charge in [0.2, 0.25) is 0 Å². The van der Waals surface area contributed by atoms with Crippen LogP contribution in [-0.4, -0.2) is 51.4 Å². The molecule has 0 saturated carbocycles. The number of nitrogens with zero attached hydrogens (tertiary/aromatic N) is 1. The Labute approximate surface area is 168 Å². The van der Waals surface area contributed by atoms with Crippen LogP contribution in [0.2, 0.25) is 0 Å². The Morgan fingerprint density at radius 2 is 1.71 bits per heavy atom. The van der Waals surface area contributed by atoms with Crippen LogP contribution in [0.3, 0.4) is 0 Å². The van der Waals surface area contributed by atoms with Crippen molar-refractivity contribution in [3.05, 3.63) is 53.6 Å². The Balaban J connectivity index is 2.03. The summed E-state index contributed by atoms with van der Waals surface area (Å²) in [7, 11) is 1.72. The van der Waals surface area contributed by atoms with E-state index in [1.165, 1.54) is 11.1 Å². The highest BCUT2D eigenvalue weighted by atomic mass is 16.5. The lowest BCUT2D eigenvalue weighted by molar-refractivity contribution is 0.239. The molecule has 0 radical (unpaired) electrons. The summed E-state index contributed by atoms with van der Waals surface area (Å²) in [5.41, 5.74) is 2.44. The van der Waals surface area contributed by atoms with Crippen molar-refractivity contribution < 1.29 is 14.2 Å². The van der Waals surface area contributed by atoms with Crippen molar-refractivity contribution in [2.75, 3.05) is 46.5 Å². The molecule has 28 heavy (non-hydrogen) atoms. The van der Waals surface area contributed by atoms with Crippen molar-refractivity contribution in [3.8, 4) is 17.2 Å². The maximum Gasteiger partial charge on any atom is 0.161 e. The maximum absolute atomic E-state index is 5.89. The van der Waals surface area contributed by atoms with E-state index in [0.29, 0.717) is 13.2 Å². The molecule has 5 heteroatoms. The Morgan fingerprint density at radius 3 is 2.50 bits per heavy atom. The van der Waals surface area contributed by atoms with Crippen molar-refractivity contribution >= 4 is 0 Å². The van der Waals surface area contributed by atoms with Gasteiger partial charge in [-0.15, -0.1) is 0 Å². The van der Waals surface area contributed by atoms with Crippen LogP contribution in [-0.2, 0) is 0 Å². The van der Waals surface area contributed by atoms with E-state index in [1.807, 2.05) is 26.0 Å². The largest absolute Gasteiger partial charge is 0.497 e. The average molecular weight is 385 g/mol. The van der Waals surface area contributed by atoms with Crippen LogP contribution in [0, 0.1) is 0 Å². The Hall–Kier alpha value is -2.24. The lowest BCUT2D eigenvalue weighted by Crippen LogP contribution is -2.33. The third kappa shape index (κ3) is 4.97. The summed E-state index contributed by atoms with van der Waals surface area (Å²) in [4.78, 5) is 2.54. The van der Waals surface area contributed by atoms with Crippen LogP contribution >= 0.6 is 0 Å². The number of hydrogen-bond acceptors (Lipinski definition) is 5. The van der Waals surface area contributed by atoms with Crippen LogP contribution in [0.1, 0.15) is 37.4 Å². The molecule has 0 amide bonds. The lowest BCUT2D eigenvalue weighted by Gasteiger charge is -2.32. The van der Waals surface area contributed by atoms with Gasteiger partial charge in [0.05, 0.1) is 26.4 Å². The zero-order valence-electron chi connectivity index (χ0n) is 17.2. The normalized spacial score (nSPS) is 16.2. The average Bonchev–Trinajstić information content (AvgIpc) is 3.00. The van der Waals surface area contributed by atoms with E-state index in [0.717, 1.165) is 49.8 Å². The second-order valence-corrected chi connectivity index (χ2v) is 6.89. The first kappa shape index (κ1) is 20.5. The van der Waals surface area contributed by atoms with E-state index in [-0.39, 0.29) is 6.04 Å². The second kappa shape index (κ2) is 10.3. The SMILES string of the molecule is CCOc1ccc(C(c2cccc(OC)c2)N2CCCNCC2)cc1OCC. The molecule has 1 heterocycles. The maximum atomic E-state index is 5.89. The molecule has 152 valence electrons. The van der Waals surface area contributed by atoms with Crippen molar-refractivity contribution in [1.29, 1.82) is 0 Å². The molecule has 1 fully saturated rings. The second-order valence-electron chi connectivity index (χ2n) is 6.89. The third-order valence-electron chi connectivity index (χ3n) is 5.03. The monoisotopic (exact) mass is 384 g/mol. The molecule has 2 aromatic rings. The highest BCUT2D eigenvalue weighted by molar-refractivity contribution is 5.47. The van der Waals surface area contributed by atoms with Crippen molar-refractivity contribution in [2.24, 2.45) is 0 Å². The number of ether oxygens (including phenoxy) is 3. The van der Waals surface area contributed by atoms with E-state index in [9.17, 15) is 0 Å². The molecule has 0 spiro atoms. The first-order valence-corrected chi connectivity index (χ1v) is 10.2. The van der Waals surface area contributed by atoms with Gasteiger partial charge in [0, 0.05) is 19.6 Å². The molecule has 1 N–H and O–H groups in total. The van der Waals surface area contributed by atoms with Crippen LogP contribution in [0.15, 0.2) is 42.5 Å². The summed E-state index contributed by atoms with van der Waals surface area (Å²) in [6.45, 7) is 9.34. The van der Waals surface area contributed by atoms with E-state index >= 15 is 0 Å².